The molecule has 0 radical (unpaired) electrons. The van der Waals surface area contributed by atoms with Crippen LogP contribution in [0, 0.1) is 6.92 Å². The number of carbonyl (C=O) groups is 2. The van der Waals surface area contributed by atoms with Crippen molar-refractivity contribution in [2.75, 3.05) is 26.1 Å². The minimum Gasteiger partial charge on any atom is -0.495 e. The molecule has 0 heterocycles. The molecule has 0 aliphatic heterocycles. The van der Waals surface area contributed by atoms with Crippen molar-refractivity contribution >= 4 is 17.6 Å². The lowest BCUT2D eigenvalue weighted by molar-refractivity contribution is 0.0963. The van der Waals surface area contributed by atoms with E-state index in [0.29, 0.717) is 23.4 Å². The Kier molecular flexibility index (Phi) is 7.19. The molecule has 0 spiro atoms. The number of aliphatic hydroxyl groups is 1. The molecule has 3 amide bonds. The lowest BCUT2D eigenvalue weighted by Gasteiger charge is -2.20. The first-order valence-corrected chi connectivity index (χ1v) is 8.63. The van der Waals surface area contributed by atoms with Gasteiger partial charge in [-0.25, -0.2) is 4.79 Å². The van der Waals surface area contributed by atoms with Crippen molar-refractivity contribution < 1.29 is 19.4 Å². The molecule has 7 nitrogen and oxygen atoms in total. The Balaban J connectivity index is 2.17. The van der Waals surface area contributed by atoms with Gasteiger partial charge in [0.15, 0.2) is 0 Å². The molecule has 0 aromatic heterocycles. The topological polar surface area (TPSA) is 99.7 Å². The fourth-order valence-electron chi connectivity index (χ4n) is 2.66. The van der Waals surface area contributed by atoms with Crippen molar-refractivity contribution in [3.05, 3.63) is 59.2 Å². The van der Waals surface area contributed by atoms with Crippen molar-refractivity contribution in [2.24, 2.45) is 0 Å². The van der Waals surface area contributed by atoms with Gasteiger partial charge in [-0.1, -0.05) is 29.8 Å². The van der Waals surface area contributed by atoms with E-state index in [1.54, 1.807) is 18.2 Å². The molecule has 0 unspecified atom stereocenters. The van der Waals surface area contributed by atoms with Gasteiger partial charge in [0.25, 0.3) is 5.91 Å². The highest BCUT2D eigenvalue weighted by Gasteiger charge is 2.16. The largest absolute Gasteiger partial charge is 0.495 e. The highest BCUT2D eigenvalue weighted by Crippen LogP contribution is 2.26. The summed E-state index contributed by atoms with van der Waals surface area (Å²) in [6.45, 7) is 1.92. The Bertz CT molecular complexity index is 790. The normalized spacial score (nSPS) is 11.4. The van der Waals surface area contributed by atoms with Gasteiger partial charge in [-0.05, 0) is 37.1 Å². The molecular formula is C20H25N3O4. The van der Waals surface area contributed by atoms with Gasteiger partial charge in [0, 0.05) is 19.2 Å². The Morgan fingerprint density at radius 3 is 2.44 bits per heavy atom. The highest BCUT2D eigenvalue weighted by atomic mass is 16.5. The van der Waals surface area contributed by atoms with Crippen LogP contribution in [0.5, 0.6) is 5.75 Å². The fraction of sp³-hybridized carbons (Fsp3) is 0.300. The van der Waals surface area contributed by atoms with E-state index < -0.39 is 6.03 Å². The maximum atomic E-state index is 12.5. The summed E-state index contributed by atoms with van der Waals surface area (Å²) in [5, 5.41) is 17.4. The molecule has 2 aromatic rings. The molecule has 144 valence electrons. The zero-order chi connectivity index (χ0) is 19.8. The average Bonchev–Trinajstić information content (AvgIpc) is 2.67. The third-order valence-corrected chi connectivity index (χ3v) is 4.14. The molecular weight excluding hydrogens is 346 g/mol. The molecule has 2 rings (SSSR count). The van der Waals surface area contributed by atoms with Gasteiger partial charge in [0.05, 0.1) is 18.8 Å². The minimum atomic E-state index is -0.457. The van der Waals surface area contributed by atoms with Gasteiger partial charge in [0.2, 0.25) is 0 Å². The van der Waals surface area contributed by atoms with Crippen molar-refractivity contribution in [1.82, 2.24) is 10.6 Å². The van der Waals surface area contributed by atoms with Gasteiger partial charge in [0.1, 0.15) is 5.75 Å². The summed E-state index contributed by atoms with van der Waals surface area (Å²) < 4.78 is 5.25. The van der Waals surface area contributed by atoms with Crippen LogP contribution in [-0.4, -0.2) is 37.8 Å². The van der Waals surface area contributed by atoms with E-state index in [0.717, 1.165) is 11.1 Å². The van der Waals surface area contributed by atoms with E-state index >= 15 is 0 Å². The zero-order valence-electron chi connectivity index (χ0n) is 15.7. The molecule has 0 aliphatic carbocycles. The lowest BCUT2D eigenvalue weighted by Crippen LogP contribution is -2.33. The summed E-state index contributed by atoms with van der Waals surface area (Å²) in [5.74, 6) is 0.172. The predicted molar refractivity (Wildman–Crippen MR) is 104 cm³/mol. The average molecular weight is 371 g/mol. The molecule has 0 aliphatic rings. The molecule has 0 fully saturated rings. The molecule has 7 heteroatoms. The second-order valence-electron chi connectivity index (χ2n) is 6.07. The van der Waals surface area contributed by atoms with Crippen LogP contribution in [0.1, 0.15) is 33.9 Å². The van der Waals surface area contributed by atoms with Crippen molar-refractivity contribution in [3.63, 3.8) is 0 Å². The number of carbonyl (C=O) groups excluding carboxylic acids is 2. The molecule has 0 bridgehead atoms. The van der Waals surface area contributed by atoms with E-state index in [-0.39, 0.29) is 18.6 Å². The van der Waals surface area contributed by atoms with Crippen LogP contribution < -0.4 is 20.7 Å². The lowest BCUT2D eigenvalue weighted by atomic mass is 10.0. The number of urea groups is 1. The number of anilines is 1. The second-order valence-corrected chi connectivity index (χ2v) is 6.07. The van der Waals surface area contributed by atoms with Gasteiger partial charge in [-0.2, -0.15) is 0 Å². The third kappa shape index (κ3) is 5.46. The van der Waals surface area contributed by atoms with E-state index in [1.165, 1.54) is 14.2 Å². The van der Waals surface area contributed by atoms with Crippen LogP contribution in [0.2, 0.25) is 0 Å². The number of ether oxygens (including phenoxy) is 1. The third-order valence-electron chi connectivity index (χ3n) is 4.14. The van der Waals surface area contributed by atoms with Gasteiger partial charge < -0.3 is 25.8 Å². The number of nitrogens with one attached hydrogen (secondary N) is 3. The first-order chi connectivity index (χ1) is 13.0. The van der Waals surface area contributed by atoms with Gasteiger partial charge in [-0.15, -0.1) is 0 Å². The summed E-state index contributed by atoms with van der Waals surface area (Å²) in [4.78, 5) is 24.3. The summed E-state index contributed by atoms with van der Waals surface area (Å²) in [7, 11) is 3.02. The Morgan fingerprint density at radius 1 is 1.15 bits per heavy atom. The van der Waals surface area contributed by atoms with Gasteiger partial charge in [-0.3, -0.25) is 4.79 Å². The molecule has 27 heavy (non-hydrogen) atoms. The Morgan fingerprint density at radius 2 is 1.85 bits per heavy atom. The maximum Gasteiger partial charge on any atom is 0.319 e. The van der Waals surface area contributed by atoms with Crippen LogP contribution in [0.3, 0.4) is 0 Å². The van der Waals surface area contributed by atoms with E-state index in [2.05, 4.69) is 16.0 Å². The van der Waals surface area contributed by atoms with Crippen molar-refractivity contribution in [1.29, 1.82) is 0 Å². The summed E-state index contributed by atoms with van der Waals surface area (Å²) in [5.41, 5.74) is 2.79. The quantitative estimate of drug-likeness (QED) is 0.601. The van der Waals surface area contributed by atoms with Crippen LogP contribution in [0.25, 0.3) is 0 Å². The van der Waals surface area contributed by atoms with Crippen LogP contribution in [-0.2, 0) is 0 Å². The number of rotatable bonds is 7. The van der Waals surface area contributed by atoms with Crippen LogP contribution in [0.4, 0.5) is 10.5 Å². The van der Waals surface area contributed by atoms with Crippen LogP contribution >= 0.6 is 0 Å². The number of benzene rings is 2. The fourth-order valence-corrected chi connectivity index (χ4v) is 2.66. The molecule has 0 saturated heterocycles. The number of amides is 3. The van der Waals surface area contributed by atoms with Crippen molar-refractivity contribution in [2.45, 2.75) is 19.4 Å². The maximum absolute atomic E-state index is 12.5. The predicted octanol–water partition coefficient (Wildman–Crippen LogP) is 2.61. The molecule has 0 saturated carbocycles. The standard InChI is InChI=1S/C20H25N3O4/c1-13-4-6-14(7-5-13)16(10-11-24)22-20(26)23-17-12-15(19(25)21-2)8-9-18(17)27-3/h4-9,12,16,24H,10-11H2,1-3H3,(H,21,25)(H2,22,23,26)/t16-/m0/s1. The smallest absolute Gasteiger partial charge is 0.319 e. The first kappa shape index (κ1) is 20.3. The Labute approximate surface area is 158 Å². The number of hydrogen-bond donors (Lipinski definition) is 4. The summed E-state index contributed by atoms with van der Waals surface area (Å²) in [6, 6.07) is 11.7. The summed E-state index contributed by atoms with van der Waals surface area (Å²) >= 11 is 0. The number of aliphatic hydroxyl groups excluding tert-OH is 1. The van der Waals surface area contributed by atoms with E-state index in [1.807, 2.05) is 31.2 Å². The second kappa shape index (κ2) is 9.59. The first-order valence-electron chi connectivity index (χ1n) is 8.63. The molecule has 2 aromatic carbocycles. The number of hydrogen-bond acceptors (Lipinski definition) is 4. The number of aryl methyl sites for hydroxylation is 1. The van der Waals surface area contributed by atoms with Crippen LogP contribution in [0.15, 0.2) is 42.5 Å². The van der Waals surface area contributed by atoms with Gasteiger partial charge >= 0.3 is 6.03 Å². The zero-order valence-corrected chi connectivity index (χ0v) is 15.7. The van der Waals surface area contributed by atoms with E-state index in [9.17, 15) is 14.7 Å². The van der Waals surface area contributed by atoms with E-state index in [4.69, 9.17) is 4.74 Å². The highest BCUT2D eigenvalue weighted by molar-refractivity contribution is 5.98. The minimum absolute atomic E-state index is 0.0612. The SMILES string of the molecule is CNC(=O)c1ccc(OC)c(NC(=O)N[C@@H](CCO)c2ccc(C)cc2)c1. The number of methoxy groups -OCH3 is 1. The van der Waals surface area contributed by atoms with Crippen molar-refractivity contribution in [3.8, 4) is 5.75 Å². The molecule has 4 N–H and O–H groups in total. The Hall–Kier alpha value is -3.06. The molecule has 1 atom stereocenters. The summed E-state index contributed by atoms with van der Waals surface area (Å²) in [6.07, 6.45) is 0.381. The monoisotopic (exact) mass is 371 g/mol.